The number of hydrogen-bond acceptors (Lipinski definition) is 1. The third-order valence-electron chi connectivity index (χ3n) is 2.35. The van der Waals surface area contributed by atoms with E-state index in [1.54, 1.807) is 0 Å². The van der Waals surface area contributed by atoms with Crippen molar-refractivity contribution in [2.45, 2.75) is 13.5 Å². The molecule has 0 fully saturated rings. The molecule has 0 bridgehead atoms. The molecule has 0 unspecified atom stereocenters. The predicted octanol–water partition coefficient (Wildman–Crippen LogP) is 2.54. The SMILES string of the molecule is C=Cc1c(-c2cn[nH]c2)ccn1CC. The third kappa shape index (κ3) is 1.27. The van der Waals surface area contributed by atoms with E-state index >= 15 is 0 Å². The van der Waals surface area contributed by atoms with Crippen molar-refractivity contribution in [1.29, 1.82) is 0 Å². The summed E-state index contributed by atoms with van der Waals surface area (Å²) in [6.45, 7) is 6.91. The number of nitrogens with zero attached hydrogens (tertiary/aromatic N) is 2. The van der Waals surface area contributed by atoms with E-state index in [1.807, 2.05) is 18.5 Å². The van der Waals surface area contributed by atoms with Crippen LogP contribution in [0.4, 0.5) is 0 Å². The maximum atomic E-state index is 3.94. The number of hydrogen-bond donors (Lipinski definition) is 1. The molecule has 3 nitrogen and oxygen atoms in total. The third-order valence-corrected chi connectivity index (χ3v) is 2.35. The molecule has 0 spiro atoms. The van der Waals surface area contributed by atoms with Gasteiger partial charge in [0.2, 0.25) is 0 Å². The summed E-state index contributed by atoms with van der Waals surface area (Å²) in [5.74, 6) is 0. The van der Waals surface area contributed by atoms with E-state index in [0.717, 1.165) is 17.8 Å². The fourth-order valence-electron chi connectivity index (χ4n) is 1.63. The molecular weight excluding hydrogens is 174 g/mol. The van der Waals surface area contributed by atoms with Gasteiger partial charge in [-0.05, 0) is 19.1 Å². The Balaban J connectivity index is 2.54. The van der Waals surface area contributed by atoms with Crippen LogP contribution in [0.25, 0.3) is 17.2 Å². The van der Waals surface area contributed by atoms with Crippen LogP contribution in [0.15, 0.2) is 31.2 Å². The van der Waals surface area contributed by atoms with Gasteiger partial charge in [-0.15, -0.1) is 0 Å². The van der Waals surface area contributed by atoms with Gasteiger partial charge in [0, 0.05) is 35.8 Å². The largest absolute Gasteiger partial charge is 0.348 e. The van der Waals surface area contributed by atoms with E-state index in [1.165, 1.54) is 5.56 Å². The minimum Gasteiger partial charge on any atom is -0.348 e. The van der Waals surface area contributed by atoms with Crippen molar-refractivity contribution >= 4 is 6.08 Å². The Morgan fingerprint density at radius 2 is 2.50 bits per heavy atom. The van der Waals surface area contributed by atoms with Gasteiger partial charge in [0.25, 0.3) is 0 Å². The van der Waals surface area contributed by atoms with Crippen LogP contribution in [0.5, 0.6) is 0 Å². The van der Waals surface area contributed by atoms with Gasteiger partial charge >= 0.3 is 0 Å². The van der Waals surface area contributed by atoms with Crippen molar-refractivity contribution in [3.05, 3.63) is 36.9 Å². The molecule has 0 aromatic carbocycles. The highest BCUT2D eigenvalue weighted by molar-refractivity contribution is 5.72. The molecule has 3 heteroatoms. The van der Waals surface area contributed by atoms with E-state index in [0.29, 0.717) is 0 Å². The molecule has 0 aliphatic heterocycles. The van der Waals surface area contributed by atoms with Gasteiger partial charge in [0.05, 0.1) is 6.20 Å². The number of rotatable bonds is 3. The van der Waals surface area contributed by atoms with Crippen LogP contribution in [0, 0.1) is 0 Å². The smallest absolute Gasteiger partial charge is 0.0566 e. The van der Waals surface area contributed by atoms with E-state index in [9.17, 15) is 0 Å². The Labute approximate surface area is 83.1 Å². The van der Waals surface area contributed by atoms with Gasteiger partial charge in [-0.25, -0.2) is 0 Å². The first kappa shape index (κ1) is 8.81. The summed E-state index contributed by atoms with van der Waals surface area (Å²) in [6.07, 6.45) is 7.66. The maximum Gasteiger partial charge on any atom is 0.0566 e. The molecule has 0 atom stereocenters. The van der Waals surface area contributed by atoms with Gasteiger partial charge in [0.1, 0.15) is 0 Å². The fraction of sp³-hybridized carbons (Fsp3) is 0.182. The van der Waals surface area contributed by atoms with E-state index in [2.05, 4.69) is 40.5 Å². The summed E-state index contributed by atoms with van der Waals surface area (Å²) < 4.78 is 2.16. The van der Waals surface area contributed by atoms with Crippen molar-refractivity contribution in [2.24, 2.45) is 0 Å². The van der Waals surface area contributed by atoms with Gasteiger partial charge in [0.15, 0.2) is 0 Å². The number of aromatic amines is 1. The summed E-state index contributed by atoms with van der Waals surface area (Å²) in [5.41, 5.74) is 3.43. The minimum absolute atomic E-state index is 0.958. The Hall–Kier alpha value is -1.77. The summed E-state index contributed by atoms with van der Waals surface area (Å²) in [7, 11) is 0. The molecule has 0 amide bonds. The molecule has 72 valence electrons. The summed E-state index contributed by atoms with van der Waals surface area (Å²) in [5, 5.41) is 6.75. The van der Waals surface area contributed by atoms with Crippen LogP contribution < -0.4 is 0 Å². The van der Waals surface area contributed by atoms with Crippen molar-refractivity contribution in [3.8, 4) is 11.1 Å². The summed E-state index contributed by atoms with van der Waals surface area (Å²) in [4.78, 5) is 0. The highest BCUT2D eigenvalue weighted by Crippen LogP contribution is 2.24. The maximum absolute atomic E-state index is 3.94. The van der Waals surface area contributed by atoms with Crippen LogP contribution in [0.2, 0.25) is 0 Å². The highest BCUT2D eigenvalue weighted by Gasteiger charge is 2.07. The lowest BCUT2D eigenvalue weighted by Crippen LogP contribution is -1.94. The predicted molar refractivity (Wildman–Crippen MR) is 57.8 cm³/mol. The Kier molecular flexibility index (Phi) is 2.23. The number of aryl methyl sites for hydroxylation is 1. The molecular formula is C11H13N3. The highest BCUT2D eigenvalue weighted by atomic mass is 15.1. The van der Waals surface area contributed by atoms with Crippen LogP contribution in [0.3, 0.4) is 0 Å². The second-order valence-electron chi connectivity index (χ2n) is 3.09. The molecule has 0 aliphatic carbocycles. The Morgan fingerprint density at radius 3 is 3.07 bits per heavy atom. The molecule has 2 rings (SSSR count). The first-order valence-corrected chi connectivity index (χ1v) is 4.67. The van der Waals surface area contributed by atoms with E-state index < -0.39 is 0 Å². The molecule has 0 aliphatic rings. The van der Waals surface area contributed by atoms with Gasteiger partial charge in [-0.1, -0.05) is 6.58 Å². The van der Waals surface area contributed by atoms with Gasteiger partial charge in [-0.3, -0.25) is 5.10 Å². The zero-order valence-electron chi connectivity index (χ0n) is 8.20. The average molecular weight is 187 g/mol. The fourth-order valence-corrected chi connectivity index (χ4v) is 1.63. The zero-order valence-corrected chi connectivity index (χ0v) is 8.20. The second kappa shape index (κ2) is 3.54. The van der Waals surface area contributed by atoms with Gasteiger partial charge in [-0.2, -0.15) is 5.10 Å². The Morgan fingerprint density at radius 1 is 1.64 bits per heavy atom. The quantitative estimate of drug-likeness (QED) is 0.787. The first-order chi connectivity index (χ1) is 6.86. The zero-order chi connectivity index (χ0) is 9.97. The lowest BCUT2D eigenvalue weighted by atomic mass is 10.1. The summed E-state index contributed by atoms with van der Waals surface area (Å²) >= 11 is 0. The summed E-state index contributed by atoms with van der Waals surface area (Å²) in [6, 6.07) is 2.09. The average Bonchev–Trinajstić information content (AvgIpc) is 2.85. The van der Waals surface area contributed by atoms with Crippen molar-refractivity contribution in [2.75, 3.05) is 0 Å². The molecule has 1 N–H and O–H groups in total. The number of nitrogens with one attached hydrogen (secondary N) is 1. The second-order valence-corrected chi connectivity index (χ2v) is 3.09. The molecule has 0 radical (unpaired) electrons. The lowest BCUT2D eigenvalue weighted by molar-refractivity contribution is 0.762. The molecule has 14 heavy (non-hydrogen) atoms. The molecule has 0 saturated heterocycles. The van der Waals surface area contributed by atoms with Crippen molar-refractivity contribution in [1.82, 2.24) is 14.8 Å². The molecule has 2 heterocycles. The number of aromatic nitrogens is 3. The molecule has 0 saturated carbocycles. The Bertz CT molecular complexity index is 423. The minimum atomic E-state index is 0.958. The standard InChI is InChI=1S/C11H13N3/c1-3-11-10(5-6-14(11)4-2)9-7-12-13-8-9/h3,5-8H,1,4H2,2H3,(H,12,13). The first-order valence-electron chi connectivity index (χ1n) is 4.67. The topological polar surface area (TPSA) is 33.6 Å². The van der Waals surface area contributed by atoms with Crippen LogP contribution in [-0.4, -0.2) is 14.8 Å². The molecule has 2 aromatic rings. The van der Waals surface area contributed by atoms with E-state index in [-0.39, 0.29) is 0 Å². The van der Waals surface area contributed by atoms with Crippen LogP contribution in [-0.2, 0) is 6.54 Å². The number of H-pyrrole nitrogens is 1. The van der Waals surface area contributed by atoms with Crippen molar-refractivity contribution in [3.63, 3.8) is 0 Å². The van der Waals surface area contributed by atoms with Crippen LogP contribution >= 0.6 is 0 Å². The monoisotopic (exact) mass is 187 g/mol. The lowest BCUT2D eigenvalue weighted by Gasteiger charge is -2.03. The van der Waals surface area contributed by atoms with E-state index in [4.69, 9.17) is 0 Å². The van der Waals surface area contributed by atoms with Crippen molar-refractivity contribution < 1.29 is 0 Å². The normalized spacial score (nSPS) is 10.4. The van der Waals surface area contributed by atoms with Gasteiger partial charge < -0.3 is 4.57 Å². The molecule has 2 aromatic heterocycles. The van der Waals surface area contributed by atoms with Crippen LogP contribution in [0.1, 0.15) is 12.6 Å².